The number of hydrogen-bond acceptors (Lipinski definition) is 10. The van der Waals surface area contributed by atoms with Gasteiger partial charge in [-0.05, 0) is 98.6 Å². The van der Waals surface area contributed by atoms with Crippen LogP contribution < -0.4 is 5.73 Å². The van der Waals surface area contributed by atoms with E-state index in [4.69, 9.17) is 65.1 Å². The molecule has 42 heavy (non-hydrogen) atoms. The molecule has 0 aliphatic rings. The van der Waals surface area contributed by atoms with E-state index in [-0.39, 0.29) is 38.4 Å². The second-order valence-corrected chi connectivity index (χ2v) is 14.5. The summed E-state index contributed by atoms with van der Waals surface area (Å²) in [5.74, 6) is -1.23. The fraction of sp³-hybridized carbons (Fsp3) is 0.750. The Morgan fingerprint density at radius 1 is 0.643 bits per heavy atom. The third kappa shape index (κ3) is 24.7. The van der Waals surface area contributed by atoms with Crippen molar-refractivity contribution in [3.8, 4) is 0 Å². The summed E-state index contributed by atoms with van der Waals surface area (Å²) in [5, 5.41) is 14.9. The van der Waals surface area contributed by atoms with Gasteiger partial charge in [0.25, 0.3) is 0 Å². The predicted molar refractivity (Wildman–Crippen MR) is 213 cm³/mol. The van der Waals surface area contributed by atoms with Gasteiger partial charge in [0.2, 0.25) is 0 Å². The SMILES string of the molecule is CCN(CC)C(=S)SSC(=S)N(CC)CC.CCN(CC)C(=S)SSC(=S)N(CC)CC.CN(CC(=O)O)C(=N)N.[H-].[H-].[Mg+2]. The summed E-state index contributed by atoms with van der Waals surface area (Å²) in [6.07, 6.45) is 0. The van der Waals surface area contributed by atoms with Gasteiger partial charge in [-0.15, -0.1) is 0 Å². The van der Waals surface area contributed by atoms with Crippen LogP contribution >= 0.6 is 92.0 Å². The van der Waals surface area contributed by atoms with Crippen molar-refractivity contribution in [1.29, 1.82) is 5.41 Å². The molecule has 0 fully saturated rings. The Labute approximate surface area is 311 Å². The molecule has 0 aromatic rings. The van der Waals surface area contributed by atoms with E-state index in [1.807, 2.05) is 0 Å². The summed E-state index contributed by atoms with van der Waals surface area (Å²) in [7, 11) is 7.81. The molecule has 244 valence electrons. The minimum Gasteiger partial charge on any atom is -1.00 e. The molecule has 0 saturated carbocycles. The smallest absolute Gasteiger partial charge is 1.00 e. The molecule has 0 saturated heterocycles. The second kappa shape index (κ2) is 31.4. The topological polar surface area (TPSA) is 103 Å². The quantitative estimate of drug-likeness (QED) is 0.0802. The van der Waals surface area contributed by atoms with E-state index in [0.717, 1.165) is 74.5 Å². The van der Waals surface area contributed by atoms with E-state index in [1.165, 1.54) is 7.05 Å². The molecule has 0 atom stereocenters. The van der Waals surface area contributed by atoms with E-state index < -0.39 is 5.97 Å². The van der Waals surface area contributed by atoms with Crippen LogP contribution in [0.1, 0.15) is 58.2 Å². The van der Waals surface area contributed by atoms with Crippen molar-refractivity contribution in [1.82, 2.24) is 24.5 Å². The molecule has 0 bridgehead atoms. The van der Waals surface area contributed by atoms with Crippen molar-refractivity contribution in [3.63, 3.8) is 0 Å². The minimum atomic E-state index is -0.993. The number of nitrogens with two attached hydrogens (primary N) is 1. The number of nitrogens with zero attached hydrogens (tertiary/aromatic N) is 5. The Bertz CT molecular complexity index is 715. The summed E-state index contributed by atoms with van der Waals surface area (Å²) in [6.45, 7) is 24.4. The molecule has 0 rings (SSSR count). The van der Waals surface area contributed by atoms with Gasteiger partial charge in [-0.1, -0.05) is 48.9 Å². The average Bonchev–Trinajstić information content (AvgIpc) is 2.93. The Hall–Kier alpha value is 0.466. The van der Waals surface area contributed by atoms with Crippen molar-refractivity contribution in [2.24, 2.45) is 5.73 Å². The molecule has 4 N–H and O–H groups in total. The predicted octanol–water partition coefficient (Wildman–Crippen LogP) is 5.98. The number of guanidine groups is 1. The maximum absolute atomic E-state index is 9.92. The van der Waals surface area contributed by atoms with Crippen LogP contribution in [0.25, 0.3) is 0 Å². The van der Waals surface area contributed by atoms with E-state index in [1.54, 1.807) is 43.2 Å². The number of thiocarbonyl (C=S) groups is 4. The van der Waals surface area contributed by atoms with Gasteiger partial charge < -0.3 is 38.2 Å². The van der Waals surface area contributed by atoms with Crippen molar-refractivity contribution >= 4 is 144 Å². The summed E-state index contributed by atoms with van der Waals surface area (Å²) < 4.78 is 3.68. The summed E-state index contributed by atoms with van der Waals surface area (Å²) in [4.78, 5) is 19.7. The van der Waals surface area contributed by atoms with Gasteiger partial charge in [0.15, 0.2) is 5.96 Å². The first-order valence-electron chi connectivity index (χ1n) is 13.4. The summed E-state index contributed by atoms with van der Waals surface area (Å²) >= 11 is 21.4. The van der Waals surface area contributed by atoms with Crippen molar-refractivity contribution in [2.75, 3.05) is 66.0 Å². The van der Waals surface area contributed by atoms with Gasteiger partial charge in [-0.2, -0.15) is 0 Å². The Morgan fingerprint density at radius 3 is 0.929 bits per heavy atom. The summed E-state index contributed by atoms with van der Waals surface area (Å²) in [6, 6.07) is 0. The normalized spacial score (nSPS) is 9.45. The number of carboxylic acid groups (broad SMARTS) is 1. The Morgan fingerprint density at radius 2 is 0.833 bits per heavy atom. The van der Waals surface area contributed by atoms with Crippen molar-refractivity contribution < 1.29 is 12.8 Å². The zero-order chi connectivity index (χ0) is 32.5. The number of rotatable bonds is 10. The van der Waals surface area contributed by atoms with Crippen molar-refractivity contribution in [3.05, 3.63) is 0 Å². The minimum absolute atomic E-state index is 0. The molecule has 0 spiro atoms. The average molecular weight is 751 g/mol. The second-order valence-electron chi connectivity index (χ2n) is 7.72. The van der Waals surface area contributed by atoms with Gasteiger partial charge in [0, 0.05) is 59.4 Å². The monoisotopic (exact) mass is 749 g/mol. The van der Waals surface area contributed by atoms with E-state index >= 15 is 0 Å². The van der Waals surface area contributed by atoms with E-state index in [2.05, 4.69) is 75.0 Å². The van der Waals surface area contributed by atoms with Crippen LogP contribution in [0.5, 0.6) is 0 Å². The molecule has 0 aromatic carbocycles. The maximum atomic E-state index is 9.92. The number of aliphatic carboxylic acids is 1. The number of nitrogens with one attached hydrogen (secondary N) is 1. The standard InChI is InChI=1S/2C10H20N2S4.C4H9N3O2.Mg.2H/c2*1-5-11(6-2)9(13)15-16-10(14)12(7-3)8-4;1-7(4(5)6)2-3(8)9;;;/h2*5-8H2,1-4H3;2H2,1H3,(H3,5,6)(H,8,9);;;/q;;;+2;2*-1. The molecule has 0 aromatic heterocycles. The van der Waals surface area contributed by atoms with Crippen LogP contribution in [0.2, 0.25) is 0 Å². The molecule has 0 heterocycles. The van der Waals surface area contributed by atoms with Crippen LogP contribution in [0.15, 0.2) is 0 Å². The molecular weight excluding hydrogens is 699 g/mol. The molecular formula is C24H51MgN7O2S8. The van der Waals surface area contributed by atoms with Crippen LogP contribution in [-0.4, -0.2) is 148 Å². The maximum Gasteiger partial charge on any atom is 2.00 e. The van der Waals surface area contributed by atoms with E-state index in [0.29, 0.717) is 0 Å². The first-order valence-corrected chi connectivity index (χ1v) is 19.3. The Balaban J connectivity index is -0.000000123. The zero-order valence-corrected chi connectivity index (χ0v) is 34.5. The van der Waals surface area contributed by atoms with Gasteiger partial charge in [-0.3, -0.25) is 10.2 Å². The molecule has 0 amide bonds. The molecule has 0 radical (unpaired) electrons. The fourth-order valence-electron chi connectivity index (χ4n) is 2.57. The first kappa shape index (κ1) is 49.3. The number of likely N-dealkylation sites (N-methyl/N-ethyl adjacent to an activating group) is 1. The van der Waals surface area contributed by atoms with Gasteiger partial charge in [-0.25, -0.2) is 0 Å². The molecule has 0 unspecified atom stereocenters. The van der Waals surface area contributed by atoms with Crippen LogP contribution in [-0.2, 0) is 4.79 Å². The fourth-order valence-corrected chi connectivity index (χ4v) is 8.69. The largest absolute Gasteiger partial charge is 2.00 e. The molecule has 18 heteroatoms. The number of hydrogen-bond donors (Lipinski definition) is 3. The zero-order valence-electron chi connectivity index (χ0n) is 28.5. The third-order valence-electron chi connectivity index (χ3n) is 5.24. The van der Waals surface area contributed by atoms with Gasteiger partial charge >= 0.3 is 29.0 Å². The van der Waals surface area contributed by atoms with Crippen LogP contribution in [0.3, 0.4) is 0 Å². The molecule has 9 nitrogen and oxygen atoms in total. The summed E-state index contributed by atoms with van der Waals surface area (Å²) in [5.41, 5.74) is 4.93. The van der Waals surface area contributed by atoms with Crippen molar-refractivity contribution in [2.45, 2.75) is 55.4 Å². The first-order chi connectivity index (χ1) is 19.2. The number of carboxylic acids is 1. The van der Waals surface area contributed by atoms with Crippen LogP contribution in [0.4, 0.5) is 0 Å². The van der Waals surface area contributed by atoms with Gasteiger partial charge in [0.05, 0.1) is 0 Å². The molecule has 0 aliphatic carbocycles. The molecule has 0 aliphatic heterocycles. The number of carbonyl (C=O) groups is 1. The van der Waals surface area contributed by atoms with Gasteiger partial charge in [0.1, 0.15) is 23.8 Å². The van der Waals surface area contributed by atoms with Crippen LogP contribution in [0, 0.1) is 5.41 Å². The third-order valence-corrected chi connectivity index (χ3v) is 12.7. The Kier molecular flexibility index (Phi) is 37.0. The van der Waals surface area contributed by atoms with E-state index in [9.17, 15) is 4.79 Å².